The monoisotopic (exact) mass is 469 g/mol. The number of carbonyl (C=O) groups excluding carboxylic acids is 4. The number of nitrogens with one attached hydrogen (secondary N) is 1. The van der Waals surface area contributed by atoms with E-state index in [0.717, 1.165) is 4.90 Å². The lowest BCUT2D eigenvalue weighted by atomic mass is 10.1. The minimum absolute atomic E-state index is 0.0296. The number of methoxy groups -OCH3 is 1. The number of urea groups is 1. The molecule has 0 bridgehead atoms. The van der Waals surface area contributed by atoms with E-state index in [1.54, 1.807) is 29.2 Å². The van der Waals surface area contributed by atoms with Crippen molar-refractivity contribution >= 4 is 29.9 Å². The molecule has 0 saturated carbocycles. The molecule has 11 heteroatoms. The molecule has 1 N–H and O–H groups in total. The van der Waals surface area contributed by atoms with E-state index in [4.69, 9.17) is 13.9 Å². The molecule has 0 aliphatic carbocycles. The van der Waals surface area contributed by atoms with Crippen LogP contribution in [-0.4, -0.2) is 73.6 Å². The van der Waals surface area contributed by atoms with E-state index in [1.807, 2.05) is 0 Å². The number of amides is 4. The van der Waals surface area contributed by atoms with Crippen LogP contribution in [-0.2, 0) is 25.6 Å². The first kappa shape index (κ1) is 23.1. The molecule has 1 aromatic carbocycles. The Hall–Kier alpha value is -4.12. The summed E-state index contributed by atoms with van der Waals surface area (Å²) in [6, 6.07) is 9.14. The zero-order valence-corrected chi connectivity index (χ0v) is 18.4. The molecule has 2 aromatic rings. The molecule has 3 heterocycles. The fourth-order valence-electron chi connectivity index (χ4n) is 3.47. The third-order valence-electron chi connectivity index (χ3n) is 5.26. The number of ether oxygens (including phenoxy) is 3. The van der Waals surface area contributed by atoms with Crippen LogP contribution in [0.3, 0.4) is 0 Å². The SMILES string of the molecule is COC(=O)c1ccc(CN2C(=O)N/C(=C\c3ccccc3OCC(=O)N3CCOCC3)C2=O)o1. The summed E-state index contributed by atoms with van der Waals surface area (Å²) in [7, 11) is 1.22. The Bertz CT molecular complexity index is 1130. The number of imide groups is 1. The molecule has 34 heavy (non-hydrogen) atoms. The van der Waals surface area contributed by atoms with Gasteiger partial charge < -0.3 is 28.8 Å². The molecule has 1 aromatic heterocycles. The molecule has 0 unspecified atom stereocenters. The highest BCUT2D eigenvalue weighted by molar-refractivity contribution is 6.14. The van der Waals surface area contributed by atoms with Gasteiger partial charge in [0.15, 0.2) is 6.61 Å². The number of hydrogen-bond acceptors (Lipinski definition) is 8. The molecule has 4 rings (SSSR count). The Morgan fingerprint density at radius 1 is 1.12 bits per heavy atom. The van der Waals surface area contributed by atoms with Gasteiger partial charge in [0.25, 0.3) is 11.8 Å². The van der Waals surface area contributed by atoms with Crippen molar-refractivity contribution in [2.24, 2.45) is 0 Å². The average Bonchev–Trinajstić information content (AvgIpc) is 3.44. The van der Waals surface area contributed by atoms with Crippen molar-refractivity contribution in [2.45, 2.75) is 6.54 Å². The van der Waals surface area contributed by atoms with Crippen LogP contribution in [0.15, 0.2) is 46.5 Å². The van der Waals surface area contributed by atoms with Gasteiger partial charge in [-0.3, -0.25) is 14.5 Å². The Labute approximate surface area is 194 Å². The lowest BCUT2D eigenvalue weighted by Gasteiger charge is -2.26. The van der Waals surface area contributed by atoms with Gasteiger partial charge in [-0.1, -0.05) is 18.2 Å². The summed E-state index contributed by atoms with van der Waals surface area (Å²) in [6.45, 7) is 1.70. The minimum atomic E-state index is -0.659. The normalized spacial score (nSPS) is 17.1. The number of benzene rings is 1. The summed E-state index contributed by atoms with van der Waals surface area (Å²) in [5, 5.41) is 2.53. The maximum atomic E-state index is 12.8. The molecule has 178 valence electrons. The molecular weight excluding hydrogens is 446 g/mol. The highest BCUT2D eigenvalue weighted by atomic mass is 16.5. The third-order valence-corrected chi connectivity index (χ3v) is 5.26. The molecule has 0 radical (unpaired) electrons. The van der Waals surface area contributed by atoms with Crippen molar-refractivity contribution in [3.63, 3.8) is 0 Å². The van der Waals surface area contributed by atoms with E-state index >= 15 is 0 Å². The first-order valence-electron chi connectivity index (χ1n) is 10.5. The van der Waals surface area contributed by atoms with E-state index in [0.29, 0.717) is 37.6 Å². The zero-order valence-electron chi connectivity index (χ0n) is 18.4. The number of para-hydroxylation sites is 1. The molecule has 0 atom stereocenters. The zero-order chi connectivity index (χ0) is 24.1. The van der Waals surface area contributed by atoms with Gasteiger partial charge in [-0.2, -0.15) is 0 Å². The summed E-state index contributed by atoms with van der Waals surface area (Å²) >= 11 is 0. The van der Waals surface area contributed by atoms with Gasteiger partial charge in [-0.15, -0.1) is 0 Å². The quantitative estimate of drug-likeness (QED) is 0.366. The van der Waals surface area contributed by atoms with Crippen molar-refractivity contribution in [1.82, 2.24) is 15.1 Å². The maximum Gasteiger partial charge on any atom is 0.373 e. The number of hydrogen-bond donors (Lipinski definition) is 1. The second kappa shape index (κ2) is 10.2. The van der Waals surface area contributed by atoms with Gasteiger partial charge in [-0.25, -0.2) is 9.59 Å². The lowest BCUT2D eigenvalue weighted by Crippen LogP contribution is -2.43. The number of furan rings is 1. The second-order valence-corrected chi connectivity index (χ2v) is 7.46. The highest BCUT2D eigenvalue weighted by Gasteiger charge is 2.34. The molecule has 2 fully saturated rings. The van der Waals surface area contributed by atoms with Gasteiger partial charge in [0.05, 0.1) is 26.9 Å². The number of carbonyl (C=O) groups is 4. The summed E-state index contributed by atoms with van der Waals surface area (Å²) in [6.07, 6.45) is 1.48. The van der Waals surface area contributed by atoms with Crippen molar-refractivity contribution in [3.05, 3.63) is 59.2 Å². The molecule has 2 saturated heterocycles. The summed E-state index contributed by atoms with van der Waals surface area (Å²) < 4.78 is 20.9. The summed E-state index contributed by atoms with van der Waals surface area (Å²) in [5.74, 6) is -0.778. The van der Waals surface area contributed by atoms with Gasteiger partial charge in [0.1, 0.15) is 17.2 Å². The van der Waals surface area contributed by atoms with Gasteiger partial charge in [-0.05, 0) is 24.3 Å². The molecule has 4 amide bonds. The first-order valence-corrected chi connectivity index (χ1v) is 10.5. The van der Waals surface area contributed by atoms with Crippen LogP contribution < -0.4 is 10.1 Å². The predicted molar refractivity (Wildman–Crippen MR) is 116 cm³/mol. The van der Waals surface area contributed by atoms with E-state index < -0.39 is 17.9 Å². The fraction of sp³-hybridized carbons (Fsp3) is 0.304. The maximum absolute atomic E-state index is 12.8. The minimum Gasteiger partial charge on any atom is -0.483 e. The Morgan fingerprint density at radius 3 is 2.65 bits per heavy atom. The van der Waals surface area contributed by atoms with Gasteiger partial charge in [0, 0.05) is 18.7 Å². The topological polar surface area (TPSA) is 128 Å². The average molecular weight is 469 g/mol. The lowest BCUT2D eigenvalue weighted by molar-refractivity contribution is -0.137. The summed E-state index contributed by atoms with van der Waals surface area (Å²) in [4.78, 5) is 51.8. The standard InChI is InChI=1S/C23H23N3O8/c1-31-22(29)19-7-6-16(34-19)13-26-21(28)17(24-23(26)30)12-15-4-2-3-5-18(15)33-14-20(27)25-8-10-32-11-9-25/h2-7,12H,8-11,13-14H2,1H3,(H,24,30)/b17-12-. The van der Waals surface area contributed by atoms with Crippen LogP contribution in [0.2, 0.25) is 0 Å². The second-order valence-electron chi connectivity index (χ2n) is 7.46. The van der Waals surface area contributed by atoms with E-state index in [2.05, 4.69) is 10.1 Å². The van der Waals surface area contributed by atoms with Crippen LogP contribution in [0.5, 0.6) is 5.75 Å². The predicted octanol–water partition coefficient (Wildman–Crippen LogP) is 1.40. The van der Waals surface area contributed by atoms with Gasteiger partial charge >= 0.3 is 12.0 Å². The summed E-state index contributed by atoms with van der Waals surface area (Å²) in [5.41, 5.74) is 0.564. The highest BCUT2D eigenvalue weighted by Crippen LogP contribution is 2.24. The number of esters is 1. The third kappa shape index (κ3) is 5.09. The largest absolute Gasteiger partial charge is 0.483 e. The Balaban J connectivity index is 1.44. The molecule has 2 aliphatic heterocycles. The number of rotatable bonds is 7. The number of morpholine rings is 1. The van der Waals surface area contributed by atoms with Crippen LogP contribution in [0, 0.1) is 0 Å². The van der Waals surface area contributed by atoms with Crippen molar-refractivity contribution in [1.29, 1.82) is 0 Å². The van der Waals surface area contributed by atoms with Crippen LogP contribution in [0.1, 0.15) is 21.9 Å². The van der Waals surface area contributed by atoms with Crippen LogP contribution in [0.4, 0.5) is 4.79 Å². The van der Waals surface area contributed by atoms with Crippen LogP contribution >= 0.6 is 0 Å². The van der Waals surface area contributed by atoms with Crippen molar-refractivity contribution in [2.75, 3.05) is 40.0 Å². The molecular formula is C23H23N3O8. The Morgan fingerprint density at radius 2 is 1.88 bits per heavy atom. The van der Waals surface area contributed by atoms with E-state index in [1.165, 1.54) is 25.3 Å². The number of nitrogens with zero attached hydrogens (tertiary/aromatic N) is 2. The smallest absolute Gasteiger partial charge is 0.373 e. The molecule has 11 nitrogen and oxygen atoms in total. The fourth-order valence-corrected chi connectivity index (χ4v) is 3.47. The Kier molecular flexibility index (Phi) is 6.93. The van der Waals surface area contributed by atoms with Crippen LogP contribution in [0.25, 0.3) is 6.08 Å². The van der Waals surface area contributed by atoms with E-state index in [-0.39, 0.29) is 36.3 Å². The first-order chi connectivity index (χ1) is 16.5. The molecule has 0 spiro atoms. The van der Waals surface area contributed by atoms with Crippen molar-refractivity contribution in [3.8, 4) is 5.75 Å². The van der Waals surface area contributed by atoms with Crippen molar-refractivity contribution < 1.29 is 37.8 Å². The van der Waals surface area contributed by atoms with Gasteiger partial charge in [0.2, 0.25) is 5.76 Å². The molecule has 2 aliphatic rings. The van der Waals surface area contributed by atoms with E-state index in [9.17, 15) is 19.2 Å².